The summed E-state index contributed by atoms with van der Waals surface area (Å²) in [6.45, 7) is 7.87. The molecule has 5 rings (SSSR count). The number of nitrogens with one attached hydrogen (secondary N) is 4. The van der Waals surface area contributed by atoms with Crippen molar-refractivity contribution in [3.8, 4) is 0 Å². The second kappa shape index (κ2) is 16.3. The smallest absolute Gasteiger partial charge is 0.231 e. The summed E-state index contributed by atoms with van der Waals surface area (Å²) < 4.78 is 34.7. The lowest BCUT2D eigenvalue weighted by Gasteiger charge is -2.48. The minimum atomic E-state index is -1.39. The lowest BCUT2D eigenvalue weighted by atomic mass is 9.68. The van der Waals surface area contributed by atoms with Gasteiger partial charge >= 0.3 is 0 Å². The first-order chi connectivity index (χ1) is 22.5. The number of ether oxygens (including phenoxy) is 3. The van der Waals surface area contributed by atoms with Gasteiger partial charge in [-0.15, -0.1) is 11.3 Å². The van der Waals surface area contributed by atoms with E-state index in [0.717, 1.165) is 45.3 Å². The highest BCUT2D eigenvalue weighted by molar-refractivity contribution is 7.13. The molecule has 1 aromatic rings. The number of nitrogens with two attached hydrogens (primary N) is 1. The summed E-state index contributed by atoms with van der Waals surface area (Å²) in [4.78, 5) is 30.0. The molecule has 9 atom stereocenters. The summed E-state index contributed by atoms with van der Waals surface area (Å²) in [5.41, 5.74) is 6.17. The Labute approximate surface area is 281 Å². The monoisotopic (exact) mass is 676 g/mol. The highest BCUT2D eigenvalue weighted by Crippen LogP contribution is 2.42. The standard InChI is InChI=1S/C34H53FN6O5S/c1-34(2,3)29(36)18-30(37)40-32(43)23-8-7-21(15-25(23)35)46-28-16-24-20(14-27(28)45-19-22-6-4-5-12-44-22)9-10-38-26(24)17-31(42)41-33-39-11-13-47-33/h11,13,18,20-28,38H,4-10,12,14-17,19,36H2,1-3H3,(H2,37,40,43)(H,39,41,42)/t20?,21?,22?,23?,24?,25?,26-,27?,28?/m1/s1. The van der Waals surface area contributed by atoms with Crippen molar-refractivity contribution in [3.63, 3.8) is 0 Å². The zero-order valence-corrected chi connectivity index (χ0v) is 28.8. The van der Waals surface area contributed by atoms with Crippen molar-refractivity contribution in [2.24, 2.45) is 28.9 Å². The molecule has 8 unspecified atom stereocenters. The van der Waals surface area contributed by atoms with Crippen LogP contribution in [0.25, 0.3) is 0 Å². The van der Waals surface area contributed by atoms with Crippen LogP contribution in [0, 0.1) is 28.6 Å². The number of fused-ring (bicyclic) bond motifs is 1. The summed E-state index contributed by atoms with van der Waals surface area (Å²) in [5, 5.41) is 19.6. The van der Waals surface area contributed by atoms with E-state index in [1.807, 2.05) is 26.2 Å². The van der Waals surface area contributed by atoms with Crippen LogP contribution in [0.1, 0.15) is 85.0 Å². The van der Waals surface area contributed by atoms with Gasteiger partial charge in [-0.3, -0.25) is 15.0 Å². The Morgan fingerprint density at radius 2 is 2.02 bits per heavy atom. The maximum atomic E-state index is 15.6. The molecule has 4 aliphatic rings. The first-order valence-corrected chi connectivity index (χ1v) is 18.2. The molecular weight excluding hydrogens is 623 g/mol. The third-order valence-corrected chi connectivity index (χ3v) is 10.9. The average molecular weight is 677 g/mol. The molecule has 3 heterocycles. The first-order valence-electron chi connectivity index (χ1n) is 17.3. The molecule has 11 nitrogen and oxygen atoms in total. The van der Waals surface area contributed by atoms with E-state index >= 15 is 4.39 Å². The molecule has 2 amide bonds. The van der Waals surface area contributed by atoms with Gasteiger partial charge in [0, 0.05) is 48.2 Å². The second-order valence-electron chi connectivity index (χ2n) is 14.7. The molecule has 47 heavy (non-hydrogen) atoms. The van der Waals surface area contributed by atoms with E-state index in [1.165, 1.54) is 17.4 Å². The van der Waals surface area contributed by atoms with Crippen molar-refractivity contribution < 1.29 is 28.2 Å². The highest BCUT2D eigenvalue weighted by Gasteiger charge is 2.46. The topological polar surface area (TPSA) is 161 Å². The van der Waals surface area contributed by atoms with Crippen LogP contribution in [0.2, 0.25) is 0 Å². The number of halogens is 1. The van der Waals surface area contributed by atoms with E-state index < -0.39 is 18.0 Å². The van der Waals surface area contributed by atoms with Crippen molar-refractivity contribution >= 4 is 34.1 Å². The van der Waals surface area contributed by atoms with Gasteiger partial charge < -0.3 is 35.9 Å². The van der Waals surface area contributed by atoms with Crippen LogP contribution in [0.15, 0.2) is 23.3 Å². The van der Waals surface area contributed by atoms with Gasteiger partial charge in [0.1, 0.15) is 12.0 Å². The molecule has 0 aromatic carbocycles. The van der Waals surface area contributed by atoms with Gasteiger partial charge in [-0.05, 0) is 75.8 Å². The molecule has 0 spiro atoms. The van der Waals surface area contributed by atoms with Crippen LogP contribution in [-0.4, -0.2) is 79.0 Å². The summed E-state index contributed by atoms with van der Waals surface area (Å²) >= 11 is 1.40. The number of carbonyl (C=O) groups excluding carboxylic acids is 2. The molecule has 2 saturated heterocycles. The zero-order valence-electron chi connectivity index (χ0n) is 28.0. The largest absolute Gasteiger partial charge is 0.401 e. The number of hydrogen-bond donors (Lipinski definition) is 5. The molecule has 0 bridgehead atoms. The third kappa shape index (κ3) is 10.0. The fourth-order valence-corrected chi connectivity index (χ4v) is 7.96. The predicted octanol–water partition coefficient (Wildman–Crippen LogP) is 4.69. The van der Waals surface area contributed by atoms with Gasteiger partial charge in [0.15, 0.2) is 5.13 Å². The normalized spacial score (nSPS) is 33.4. The molecule has 0 radical (unpaired) electrons. The number of amides is 2. The number of carbonyl (C=O) groups is 2. The summed E-state index contributed by atoms with van der Waals surface area (Å²) in [6, 6.07) is -0.00696. The highest BCUT2D eigenvalue weighted by atomic mass is 32.1. The Balaban J connectivity index is 1.20. The van der Waals surface area contributed by atoms with Crippen LogP contribution in [0.3, 0.4) is 0 Å². The number of allylic oxidation sites excluding steroid dienone is 1. The lowest BCUT2D eigenvalue weighted by molar-refractivity contribution is -0.171. The van der Waals surface area contributed by atoms with E-state index in [4.69, 9.17) is 25.4 Å². The SMILES string of the molecule is CC(C)(C)C(N)=CC(=N)NC(=O)C1CCC(OC2CC3C(CCN[C@@H]3CC(=O)Nc3nccs3)CC2OCC2CCCCO2)CC1F. The van der Waals surface area contributed by atoms with Gasteiger partial charge in [-0.2, -0.15) is 0 Å². The van der Waals surface area contributed by atoms with Crippen LogP contribution >= 0.6 is 11.3 Å². The van der Waals surface area contributed by atoms with Crippen LogP contribution < -0.4 is 21.7 Å². The van der Waals surface area contributed by atoms with E-state index in [9.17, 15) is 9.59 Å². The molecule has 2 aliphatic heterocycles. The fourth-order valence-electron chi connectivity index (χ4n) is 7.41. The van der Waals surface area contributed by atoms with Crippen molar-refractivity contribution in [2.45, 2.75) is 122 Å². The van der Waals surface area contributed by atoms with Gasteiger partial charge in [0.25, 0.3) is 0 Å². The summed E-state index contributed by atoms with van der Waals surface area (Å²) in [6.07, 6.45) is 8.04. The van der Waals surface area contributed by atoms with Crippen molar-refractivity contribution in [2.75, 3.05) is 25.1 Å². The summed E-state index contributed by atoms with van der Waals surface area (Å²) in [5.74, 6) is -0.956. The Kier molecular flexibility index (Phi) is 12.4. The third-order valence-electron chi connectivity index (χ3n) is 10.2. The minimum Gasteiger partial charge on any atom is -0.401 e. The van der Waals surface area contributed by atoms with E-state index in [0.29, 0.717) is 49.0 Å². The fraction of sp³-hybridized carbons (Fsp3) is 0.765. The molecule has 2 saturated carbocycles. The Morgan fingerprint density at radius 1 is 1.19 bits per heavy atom. The first kappa shape index (κ1) is 35.8. The van der Waals surface area contributed by atoms with Crippen molar-refractivity contribution in [3.05, 3.63) is 23.3 Å². The number of hydrogen-bond acceptors (Lipinski definition) is 10. The Hall–Kier alpha value is -2.45. The van der Waals surface area contributed by atoms with E-state index in [2.05, 4.69) is 20.9 Å². The quantitative estimate of drug-likeness (QED) is 0.176. The lowest BCUT2D eigenvalue weighted by Crippen LogP contribution is -2.55. The number of piperidine rings is 1. The minimum absolute atomic E-state index is 0.00696. The molecule has 1 aromatic heterocycles. The second-order valence-corrected chi connectivity index (χ2v) is 15.6. The number of amidine groups is 1. The van der Waals surface area contributed by atoms with Crippen LogP contribution in [0.5, 0.6) is 0 Å². The molecular formula is C34H53FN6O5S. The number of nitrogens with zero attached hydrogens (tertiary/aromatic N) is 1. The number of thiazole rings is 1. The molecule has 6 N–H and O–H groups in total. The maximum Gasteiger partial charge on any atom is 0.231 e. The Morgan fingerprint density at radius 3 is 2.72 bits per heavy atom. The molecule has 13 heteroatoms. The van der Waals surface area contributed by atoms with Gasteiger partial charge in [-0.1, -0.05) is 20.8 Å². The Bertz CT molecular complexity index is 1240. The predicted molar refractivity (Wildman–Crippen MR) is 180 cm³/mol. The van der Waals surface area contributed by atoms with Crippen LogP contribution in [0.4, 0.5) is 9.52 Å². The van der Waals surface area contributed by atoms with Gasteiger partial charge in [0.2, 0.25) is 11.8 Å². The number of anilines is 1. The zero-order chi connectivity index (χ0) is 33.6. The van der Waals surface area contributed by atoms with E-state index in [-0.39, 0.29) is 60.0 Å². The molecule has 2 aliphatic carbocycles. The maximum absolute atomic E-state index is 15.6. The van der Waals surface area contributed by atoms with Crippen molar-refractivity contribution in [1.29, 1.82) is 5.41 Å². The number of alkyl halides is 1. The van der Waals surface area contributed by atoms with E-state index in [1.54, 1.807) is 6.20 Å². The molecule has 4 fully saturated rings. The number of aromatic nitrogens is 1. The van der Waals surface area contributed by atoms with Crippen LogP contribution in [-0.2, 0) is 23.8 Å². The number of rotatable bonds is 10. The molecule has 262 valence electrons. The van der Waals surface area contributed by atoms with Gasteiger partial charge in [0.05, 0.1) is 36.9 Å². The van der Waals surface area contributed by atoms with Crippen molar-refractivity contribution in [1.82, 2.24) is 15.6 Å². The van der Waals surface area contributed by atoms with Gasteiger partial charge in [-0.25, -0.2) is 9.37 Å². The summed E-state index contributed by atoms with van der Waals surface area (Å²) in [7, 11) is 0. The average Bonchev–Trinajstić information content (AvgIpc) is 3.53.